The van der Waals surface area contributed by atoms with E-state index >= 15 is 0 Å². The first kappa shape index (κ1) is 23.5. The Kier molecular flexibility index (Phi) is 7.52. The van der Waals surface area contributed by atoms with Gasteiger partial charge in [-0.1, -0.05) is 69.0 Å². The lowest BCUT2D eigenvalue weighted by molar-refractivity contribution is 0.303. The van der Waals surface area contributed by atoms with Crippen LogP contribution in [0.5, 0.6) is 0 Å². The summed E-state index contributed by atoms with van der Waals surface area (Å²) >= 11 is 0. The summed E-state index contributed by atoms with van der Waals surface area (Å²) in [6.45, 7) is 2.25. The van der Waals surface area contributed by atoms with Crippen molar-refractivity contribution < 1.29 is 17.6 Å². The molecule has 0 amide bonds. The molecule has 1 saturated carbocycles. The van der Waals surface area contributed by atoms with Gasteiger partial charge in [0.25, 0.3) is 0 Å². The second kappa shape index (κ2) is 10.5. The van der Waals surface area contributed by atoms with E-state index in [1.54, 1.807) is 6.07 Å². The second-order valence-corrected chi connectivity index (χ2v) is 9.28. The van der Waals surface area contributed by atoms with Crippen LogP contribution in [-0.4, -0.2) is 0 Å². The molecule has 33 heavy (non-hydrogen) atoms. The Hall–Kier alpha value is -2.62. The van der Waals surface area contributed by atoms with E-state index in [1.807, 2.05) is 12.1 Å². The van der Waals surface area contributed by atoms with Crippen LogP contribution in [0.3, 0.4) is 0 Å². The molecule has 1 aliphatic rings. The number of rotatable bonds is 7. The third-order valence-electron chi connectivity index (χ3n) is 7.04. The molecule has 3 aromatic rings. The minimum absolute atomic E-state index is 0.0314. The molecule has 0 radical (unpaired) electrons. The molecule has 0 aromatic heterocycles. The molecular weight excluding hydrogens is 424 g/mol. The molecule has 0 aliphatic heterocycles. The molecule has 174 valence electrons. The Morgan fingerprint density at radius 1 is 0.667 bits per heavy atom. The lowest BCUT2D eigenvalue weighted by atomic mass is 9.77. The van der Waals surface area contributed by atoms with E-state index in [4.69, 9.17) is 0 Å². The van der Waals surface area contributed by atoms with Crippen molar-refractivity contribution in [2.45, 2.75) is 64.2 Å². The lowest BCUT2D eigenvalue weighted by Crippen LogP contribution is -2.13. The van der Waals surface area contributed by atoms with Gasteiger partial charge < -0.3 is 0 Å². The summed E-state index contributed by atoms with van der Waals surface area (Å²) in [7, 11) is 0. The van der Waals surface area contributed by atoms with Crippen LogP contribution in [0.25, 0.3) is 22.3 Å². The predicted molar refractivity (Wildman–Crippen MR) is 126 cm³/mol. The minimum atomic E-state index is -1.55. The van der Waals surface area contributed by atoms with Gasteiger partial charge in [-0.3, -0.25) is 0 Å². The highest BCUT2D eigenvalue weighted by Crippen LogP contribution is 2.38. The number of benzene rings is 3. The summed E-state index contributed by atoms with van der Waals surface area (Å²) in [6.07, 6.45) is 10.4. The molecule has 4 heteroatoms. The smallest absolute Gasteiger partial charge is 0.194 e. The summed E-state index contributed by atoms with van der Waals surface area (Å²) in [5.74, 6) is -3.37. The number of hydrogen-bond acceptors (Lipinski definition) is 0. The maximum atomic E-state index is 14.8. The zero-order valence-corrected chi connectivity index (χ0v) is 19.0. The van der Waals surface area contributed by atoms with Crippen LogP contribution < -0.4 is 0 Å². The van der Waals surface area contributed by atoms with Crippen molar-refractivity contribution in [2.75, 3.05) is 0 Å². The van der Waals surface area contributed by atoms with Crippen molar-refractivity contribution in [1.29, 1.82) is 0 Å². The zero-order valence-electron chi connectivity index (χ0n) is 19.0. The molecular formula is C29H30F4. The van der Waals surface area contributed by atoms with Crippen molar-refractivity contribution in [3.63, 3.8) is 0 Å². The Balaban J connectivity index is 1.44. The van der Waals surface area contributed by atoms with Crippen molar-refractivity contribution in [1.82, 2.24) is 0 Å². The molecule has 1 aliphatic carbocycles. The fraction of sp³-hybridized carbons (Fsp3) is 0.379. The lowest BCUT2D eigenvalue weighted by Gasteiger charge is -2.29. The molecule has 0 N–H and O–H groups in total. The van der Waals surface area contributed by atoms with Gasteiger partial charge in [-0.25, -0.2) is 17.6 Å². The first-order chi connectivity index (χ1) is 16.0. The first-order valence-corrected chi connectivity index (χ1v) is 12.0. The van der Waals surface area contributed by atoms with Gasteiger partial charge in [0.05, 0.1) is 0 Å². The molecule has 0 heterocycles. The van der Waals surface area contributed by atoms with E-state index in [1.165, 1.54) is 69.1 Å². The predicted octanol–water partition coefficient (Wildman–Crippen LogP) is 9.43. The molecule has 0 saturated heterocycles. The SMILES string of the molecule is CCCCCC1CCC(c2ccc(-c3ccc(-c4cc(F)c(F)c(F)c4)c(F)c3)cc2)CC1. The zero-order chi connectivity index (χ0) is 23.4. The maximum absolute atomic E-state index is 14.8. The number of halogens is 4. The van der Waals surface area contributed by atoms with Gasteiger partial charge in [-0.05, 0) is 78.0 Å². The molecule has 0 atom stereocenters. The van der Waals surface area contributed by atoms with Crippen molar-refractivity contribution in [3.05, 3.63) is 83.4 Å². The van der Waals surface area contributed by atoms with E-state index in [0.717, 1.165) is 23.6 Å². The average molecular weight is 455 g/mol. The fourth-order valence-corrected chi connectivity index (χ4v) is 5.06. The average Bonchev–Trinajstić information content (AvgIpc) is 2.83. The normalized spacial score (nSPS) is 18.5. The molecule has 0 nitrogen and oxygen atoms in total. The first-order valence-electron chi connectivity index (χ1n) is 12.0. The molecule has 3 aromatic carbocycles. The summed E-state index contributed by atoms with van der Waals surface area (Å²) in [5, 5.41) is 0. The fourth-order valence-electron chi connectivity index (χ4n) is 5.06. The van der Waals surface area contributed by atoms with Gasteiger partial charge in [-0.15, -0.1) is 0 Å². The van der Waals surface area contributed by atoms with Crippen LogP contribution in [-0.2, 0) is 0 Å². The van der Waals surface area contributed by atoms with Gasteiger partial charge in [0.2, 0.25) is 0 Å². The van der Waals surface area contributed by atoms with Crippen molar-refractivity contribution >= 4 is 0 Å². The molecule has 0 spiro atoms. The Bertz CT molecular complexity index is 1060. The quantitative estimate of drug-likeness (QED) is 0.189. The Morgan fingerprint density at radius 2 is 1.27 bits per heavy atom. The standard InChI is InChI=1S/C29H30F4/c1-2-3-4-5-19-6-8-20(9-7-19)21-10-12-22(13-11-21)23-14-15-25(26(30)16-23)24-17-27(31)29(33)28(32)18-24/h10-20H,2-9H2,1H3. The number of unbranched alkanes of at least 4 members (excludes halogenated alkanes) is 2. The van der Waals surface area contributed by atoms with E-state index in [2.05, 4.69) is 19.1 Å². The Morgan fingerprint density at radius 3 is 1.88 bits per heavy atom. The maximum Gasteiger partial charge on any atom is 0.194 e. The highest BCUT2D eigenvalue weighted by molar-refractivity contribution is 5.71. The van der Waals surface area contributed by atoms with Gasteiger partial charge in [0, 0.05) is 5.56 Å². The van der Waals surface area contributed by atoms with E-state index in [9.17, 15) is 17.6 Å². The highest BCUT2D eigenvalue weighted by atomic mass is 19.2. The topological polar surface area (TPSA) is 0 Å². The molecule has 1 fully saturated rings. The van der Waals surface area contributed by atoms with Gasteiger partial charge >= 0.3 is 0 Å². The summed E-state index contributed by atoms with van der Waals surface area (Å²) in [6, 6.07) is 14.4. The third-order valence-corrected chi connectivity index (χ3v) is 7.04. The summed E-state index contributed by atoms with van der Waals surface area (Å²) in [5.41, 5.74) is 2.90. The molecule has 0 bridgehead atoms. The summed E-state index contributed by atoms with van der Waals surface area (Å²) in [4.78, 5) is 0. The van der Waals surface area contributed by atoms with Crippen LogP contribution in [0.2, 0.25) is 0 Å². The Labute approximate surface area is 193 Å². The summed E-state index contributed by atoms with van der Waals surface area (Å²) < 4.78 is 55.1. The number of hydrogen-bond donors (Lipinski definition) is 0. The van der Waals surface area contributed by atoms with Crippen molar-refractivity contribution in [3.8, 4) is 22.3 Å². The van der Waals surface area contributed by atoms with Crippen LogP contribution in [0.1, 0.15) is 69.8 Å². The largest absolute Gasteiger partial charge is 0.206 e. The van der Waals surface area contributed by atoms with Crippen LogP contribution >= 0.6 is 0 Å². The van der Waals surface area contributed by atoms with Gasteiger partial charge in [0.15, 0.2) is 17.5 Å². The monoisotopic (exact) mass is 454 g/mol. The minimum Gasteiger partial charge on any atom is -0.206 e. The molecule has 4 rings (SSSR count). The van der Waals surface area contributed by atoms with Crippen molar-refractivity contribution in [2.24, 2.45) is 5.92 Å². The molecule has 0 unspecified atom stereocenters. The second-order valence-electron chi connectivity index (χ2n) is 9.28. The van der Waals surface area contributed by atoms with E-state index in [-0.39, 0.29) is 11.1 Å². The third kappa shape index (κ3) is 5.48. The van der Waals surface area contributed by atoms with Crippen LogP contribution in [0, 0.1) is 29.2 Å². The van der Waals surface area contributed by atoms with Gasteiger partial charge in [-0.2, -0.15) is 0 Å². The van der Waals surface area contributed by atoms with Crippen LogP contribution in [0.15, 0.2) is 54.6 Å². The van der Waals surface area contributed by atoms with Crippen LogP contribution in [0.4, 0.5) is 17.6 Å². The van der Waals surface area contributed by atoms with E-state index in [0.29, 0.717) is 11.5 Å². The van der Waals surface area contributed by atoms with Gasteiger partial charge in [0.1, 0.15) is 5.82 Å². The van der Waals surface area contributed by atoms with E-state index < -0.39 is 23.3 Å². The highest BCUT2D eigenvalue weighted by Gasteiger charge is 2.22.